The van der Waals surface area contributed by atoms with Crippen molar-refractivity contribution >= 4 is 0 Å². The van der Waals surface area contributed by atoms with E-state index < -0.39 is 11.9 Å². The molecule has 0 radical (unpaired) electrons. The van der Waals surface area contributed by atoms with Crippen LogP contribution in [0, 0.1) is 17.1 Å². The quantitative estimate of drug-likeness (QED) is 0.703. The molecule has 0 aliphatic rings. The van der Waals surface area contributed by atoms with Crippen LogP contribution in [0.1, 0.15) is 17.2 Å². The second-order valence-corrected chi connectivity index (χ2v) is 2.64. The molecule has 1 aromatic carbocycles. The van der Waals surface area contributed by atoms with Crippen molar-refractivity contribution in [2.45, 2.75) is 6.04 Å². The van der Waals surface area contributed by atoms with Crippen LogP contribution in [0.5, 0.6) is 0 Å². The van der Waals surface area contributed by atoms with E-state index >= 15 is 0 Å². The molecule has 0 heterocycles. The van der Waals surface area contributed by atoms with Crippen LogP contribution in [0.4, 0.5) is 4.39 Å². The third-order valence-electron chi connectivity index (χ3n) is 1.74. The summed E-state index contributed by atoms with van der Waals surface area (Å²) in [7, 11) is 0. The Kier molecular flexibility index (Phi) is 2.96. The molecule has 0 saturated heterocycles. The Bertz CT molecular complexity index is 346. The number of nitrogens with zero attached hydrogens (tertiary/aromatic N) is 1. The number of halogens is 1. The van der Waals surface area contributed by atoms with Crippen molar-refractivity contribution < 1.29 is 9.50 Å². The molecular formula is C9H9FN2O. The van der Waals surface area contributed by atoms with Gasteiger partial charge in [0.05, 0.1) is 18.2 Å². The largest absolute Gasteiger partial charge is 0.394 e. The third kappa shape index (κ3) is 2.02. The lowest BCUT2D eigenvalue weighted by atomic mass is 10.1. The highest BCUT2D eigenvalue weighted by molar-refractivity contribution is 5.35. The number of nitriles is 1. The Balaban J connectivity index is 3.08. The normalized spacial score (nSPS) is 12.2. The lowest BCUT2D eigenvalue weighted by molar-refractivity contribution is 0.268. The highest BCUT2D eigenvalue weighted by atomic mass is 19.1. The highest BCUT2D eigenvalue weighted by Crippen LogP contribution is 2.14. The minimum Gasteiger partial charge on any atom is -0.394 e. The van der Waals surface area contributed by atoms with Crippen LogP contribution < -0.4 is 5.73 Å². The van der Waals surface area contributed by atoms with Gasteiger partial charge >= 0.3 is 0 Å². The number of aliphatic hydroxyl groups excluding tert-OH is 1. The lowest BCUT2D eigenvalue weighted by Crippen LogP contribution is -2.14. The van der Waals surface area contributed by atoms with Gasteiger partial charge in [-0.2, -0.15) is 5.26 Å². The van der Waals surface area contributed by atoms with Gasteiger partial charge in [0.2, 0.25) is 0 Å². The number of nitrogens with two attached hydrogens (primary N) is 1. The van der Waals surface area contributed by atoms with Gasteiger partial charge < -0.3 is 10.8 Å². The van der Waals surface area contributed by atoms with E-state index in [1.807, 2.05) is 0 Å². The van der Waals surface area contributed by atoms with Gasteiger partial charge in [-0.1, -0.05) is 6.07 Å². The molecule has 3 nitrogen and oxygen atoms in total. The first-order valence-electron chi connectivity index (χ1n) is 3.75. The fourth-order valence-electron chi connectivity index (χ4n) is 0.965. The van der Waals surface area contributed by atoms with Crippen LogP contribution in [0.2, 0.25) is 0 Å². The third-order valence-corrected chi connectivity index (χ3v) is 1.74. The fourth-order valence-corrected chi connectivity index (χ4v) is 0.965. The zero-order chi connectivity index (χ0) is 9.84. The number of hydrogen-bond donors (Lipinski definition) is 2. The predicted octanol–water partition coefficient (Wildman–Crippen LogP) is 0.689. The van der Waals surface area contributed by atoms with Gasteiger partial charge in [-0.05, 0) is 17.7 Å². The van der Waals surface area contributed by atoms with Crippen molar-refractivity contribution in [2.24, 2.45) is 5.73 Å². The molecule has 0 bridgehead atoms. The van der Waals surface area contributed by atoms with Crippen LogP contribution >= 0.6 is 0 Å². The molecule has 13 heavy (non-hydrogen) atoms. The summed E-state index contributed by atoms with van der Waals surface area (Å²) in [5, 5.41) is 17.2. The number of rotatable bonds is 2. The molecule has 0 amide bonds. The maximum Gasteiger partial charge on any atom is 0.140 e. The molecule has 0 aliphatic carbocycles. The molecule has 0 fully saturated rings. The molecule has 68 valence electrons. The van der Waals surface area contributed by atoms with Crippen LogP contribution in [-0.2, 0) is 0 Å². The zero-order valence-electron chi connectivity index (χ0n) is 6.87. The van der Waals surface area contributed by atoms with E-state index in [9.17, 15) is 4.39 Å². The average Bonchev–Trinajstić information content (AvgIpc) is 2.17. The minimum atomic E-state index is -0.573. The molecule has 0 aliphatic heterocycles. The van der Waals surface area contributed by atoms with E-state index in [1.165, 1.54) is 18.2 Å². The fraction of sp³-hybridized carbons (Fsp3) is 0.222. The number of benzene rings is 1. The molecular weight excluding hydrogens is 171 g/mol. The first-order chi connectivity index (χ1) is 6.19. The Morgan fingerprint density at radius 3 is 2.85 bits per heavy atom. The SMILES string of the molecule is N#Cc1cc([C@H](N)CO)ccc1F. The van der Waals surface area contributed by atoms with Crippen molar-refractivity contribution in [1.82, 2.24) is 0 Å². The maximum absolute atomic E-state index is 12.8. The molecule has 4 heteroatoms. The summed E-state index contributed by atoms with van der Waals surface area (Å²) in [6, 6.07) is 5.11. The summed E-state index contributed by atoms with van der Waals surface area (Å²) in [6.45, 7) is -0.226. The summed E-state index contributed by atoms with van der Waals surface area (Å²) in [6.07, 6.45) is 0. The van der Waals surface area contributed by atoms with Gasteiger partial charge in [0.25, 0.3) is 0 Å². The summed E-state index contributed by atoms with van der Waals surface area (Å²) in [5.41, 5.74) is 5.99. The lowest BCUT2D eigenvalue weighted by Gasteiger charge is -2.08. The molecule has 0 saturated carbocycles. The second-order valence-electron chi connectivity index (χ2n) is 2.64. The molecule has 3 N–H and O–H groups in total. The topological polar surface area (TPSA) is 70.0 Å². The van der Waals surface area contributed by atoms with Gasteiger partial charge in [0.15, 0.2) is 0 Å². The van der Waals surface area contributed by atoms with Crippen LogP contribution in [-0.4, -0.2) is 11.7 Å². The van der Waals surface area contributed by atoms with E-state index in [4.69, 9.17) is 16.1 Å². The Morgan fingerprint density at radius 2 is 2.31 bits per heavy atom. The van der Waals surface area contributed by atoms with Gasteiger partial charge in [0.1, 0.15) is 11.9 Å². The van der Waals surface area contributed by atoms with Crippen molar-refractivity contribution in [1.29, 1.82) is 5.26 Å². The molecule has 1 rings (SSSR count). The monoisotopic (exact) mass is 180 g/mol. The van der Waals surface area contributed by atoms with Crippen molar-refractivity contribution in [3.8, 4) is 6.07 Å². The van der Waals surface area contributed by atoms with Crippen LogP contribution in [0.25, 0.3) is 0 Å². The first kappa shape index (κ1) is 9.65. The smallest absolute Gasteiger partial charge is 0.140 e. The first-order valence-corrected chi connectivity index (χ1v) is 3.75. The Labute approximate surface area is 75.2 Å². The predicted molar refractivity (Wildman–Crippen MR) is 45.1 cm³/mol. The van der Waals surface area contributed by atoms with E-state index in [1.54, 1.807) is 6.07 Å². The number of aliphatic hydroxyl groups is 1. The molecule has 1 atom stereocenters. The summed E-state index contributed by atoms with van der Waals surface area (Å²) >= 11 is 0. The Morgan fingerprint density at radius 1 is 1.62 bits per heavy atom. The maximum atomic E-state index is 12.8. The van der Waals surface area contributed by atoms with Crippen LogP contribution in [0.3, 0.4) is 0 Å². The Hall–Kier alpha value is -1.44. The van der Waals surface area contributed by atoms with Crippen molar-refractivity contribution in [2.75, 3.05) is 6.61 Å². The summed E-state index contributed by atoms with van der Waals surface area (Å²) in [5.74, 6) is -0.573. The molecule has 1 aromatic rings. The van der Waals surface area contributed by atoms with E-state index in [2.05, 4.69) is 0 Å². The number of hydrogen-bond acceptors (Lipinski definition) is 3. The standard InChI is InChI=1S/C9H9FN2O/c10-8-2-1-6(9(12)5-13)3-7(8)4-11/h1-3,9,13H,5,12H2/t9-/m1/s1. The highest BCUT2D eigenvalue weighted by Gasteiger charge is 2.07. The van der Waals surface area contributed by atoms with E-state index in [0.29, 0.717) is 5.56 Å². The van der Waals surface area contributed by atoms with Gasteiger partial charge in [-0.15, -0.1) is 0 Å². The van der Waals surface area contributed by atoms with Gasteiger partial charge in [0, 0.05) is 0 Å². The van der Waals surface area contributed by atoms with Gasteiger partial charge in [-0.3, -0.25) is 0 Å². The molecule has 0 aromatic heterocycles. The minimum absolute atomic E-state index is 0.0543. The average molecular weight is 180 g/mol. The summed E-state index contributed by atoms with van der Waals surface area (Å²) < 4.78 is 12.8. The van der Waals surface area contributed by atoms with Crippen LogP contribution in [0.15, 0.2) is 18.2 Å². The van der Waals surface area contributed by atoms with E-state index in [0.717, 1.165) is 0 Å². The second kappa shape index (κ2) is 3.99. The van der Waals surface area contributed by atoms with Gasteiger partial charge in [-0.25, -0.2) is 4.39 Å². The van der Waals surface area contributed by atoms with Crippen molar-refractivity contribution in [3.63, 3.8) is 0 Å². The van der Waals surface area contributed by atoms with E-state index in [-0.39, 0.29) is 12.2 Å². The summed E-state index contributed by atoms with van der Waals surface area (Å²) in [4.78, 5) is 0. The van der Waals surface area contributed by atoms with Crippen molar-refractivity contribution in [3.05, 3.63) is 35.1 Å². The molecule has 0 unspecified atom stereocenters. The molecule has 0 spiro atoms. The zero-order valence-corrected chi connectivity index (χ0v) is 6.87.